The second kappa shape index (κ2) is 9.96. The third-order valence-electron chi connectivity index (χ3n) is 5.01. The van der Waals surface area contributed by atoms with Crippen LogP contribution in [-0.4, -0.2) is 42.6 Å². The number of hydrogen-bond donors (Lipinski definition) is 1. The summed E-state index contributed by atoms with van der Waals surface area (Å²) in [4.78, 5) is 26.1. The fourth-order valence-electron chi connectivity index (χ4n) is 3.39. The van der Waals surface area contributed by atoms with Crippen LogP contribution in [0.5, 0.6) is 5.75 Å². The van der Waals surface area contributed by atoms with Gasteiger partial charge >= 0.3 is 6.09 Å². The SMILES string of the molecule is Cc1ccc(OCC(=O)NC2CCN(C(=O)OCc3ccccc3)CC2)c(C)c1. The molecule has 6 heteroatoms. The predicted octanol–water partition coefficient (Wildman–Crippen LogP) is 3.60. The van der Waals surface area contributed by atoms with Gasteiger partial charge in [0.1, 0.15) is 12.4 Å². The van der Waals surface area contributed by atoms with Crippen LogP contribution in [0.4, 0.5) is 4.79 Å². The summed E-state index contributed by atoms with van der Waals surface area (Å²) in [6.07, 6.45) is 1.10. The number of rotatable bonds is 6. The highest BCUT2D eigenvalue weighted by Crippen LogP contribution is 2.18. The lowest BCUT2D eigenvalue weighted by Gasteiger charge is -2.31. The predicted molar refractivity (Wildman–Crippen MR) is 111 cm³/mol. The molecular formula is C23H28N2O4. The molecular weight excluding hydrogens is 368 g/mol. The van der Waals surface area contributed by atoms with Crippen LogP contribution < -0.4 is 10.1 Å². The molecule has 0 bridgehead atoms. The second-order valence-electron chi connectivity index (χ2n) is 7.43. The Kier molecular flexibility index (Phi) is 7.11. The van der Waals surface area contributed by atoms with E-state index in [1.54, 1.807) is 4.90 Å². The zero-order valence-electron chi connectivity index (χ0n) is 17.0. The number of aryl methyl sites for hydroxylation is 2. The lowest BCUT2D eigenvalue weighted by Crippen LogP contribution is -2.47. The first-order valence-electron chi connectivity index (χ1n) is 9.96. The van der Waals surface area contributed by atoms with Crippen molar-refractivity contribution in [1.29, 1.82) is 0 Å². The smallest absolute Gasteiger partial charge is 0.410 e. The van der Waals surface area contributed by atoms with Gasteiger partial charge in [-0.3, -0.25) is 4.79 Å². The first kappa shape index (κ1) is 20.7. The van der Waals surface area contributed by atoms with Crippen LogP contribution in [0.3, 0.4) is 0 Å². The van der Waals surface area contributed by atoms with E-state index in [0.717, 1.165) is 22.4 Å². The summed E-state index contributed by atoms with van der Waals surface area (Å²) in [5.74, 6) is 0.580. The molecule has 3 rings (SSSR count). The Balaban J connectivity index is 1.36. The van der Waals surface area contributed by atoms with Crippen molar-refractivity contribution in [1.82, 2.24) is 10.2 Å². The first-order valence-corrected chi connectivity index (χ1v) is 9.96. The zero-order valence-corrected chi connectivity index (χ0v) is 17.0. The summed E-state index contributed by atoms with van der Waals surface area (Å²) in [5.41, 5.74) is 3.14. The van der Waals surface area contributed by atoms with E-state index < -0.39 is 0 Å². The first-order chi connectivity index (χ1) is 14.0. The van der Waals surface area contributed by atoms with Crippen molar-refractivity contribution in [2.75, 3.05) is 19.7 Å². The number of hydrogen-bond acceptors (Lipinski definition) is 4. The fourth-order valence-corrected chi connectivity index (χ4v) is 3.39. The zero-order chi connectivity index (χ0) is 20.6. The van der Waals surface area contributed by atoms with Gasteiger partial charge < -0.3 is 19.7 Å². The topological polar surface area (TPSA) is 67.9 Å². The van der Waals surface area contributed by atoms with Crippen LogP contribution in [-0.2, 0) is 16.1 Å². The van der Waals surface area contributed by atoms with Crippen molar-refractivity contribution >= 4 is 12.0 Å². The van der Waals surface area contributed by atoms with Crippen LogP contribution in [0.25, 0.3) is 0 Å². The van der Waals surface area contributed by atoms with Crippen molar-refractivity contribution in [3.63, 3.8) is 0 Å². The second-order valence-corrected chi connectivity index (χ2v) is 7.43. The van der Waals surface area contributed by atoms with Crippen LogP contribution in [0.1, 0.15) is 29.5 Å². The minimum absolute atomic E-state index is 0.0107. The Morgan fingerprint density at radius 1 is 1.07 bits per heavy atom. The summed E-state index contributed by atoms with van der Waals surface area (Å²) < 4.78 is 11.0. The van der Waals surface area contributed by atoms with Crippen molar-refractivity contribution in [3.8, 4) is 5.75 Å². The minimum Gasteiger partial charge on any atom is -0.484 e. The van der Waals surface area contributed by atoms with E-state index in [1.807, 2.05) is 62.4 Å². The number of nitrogens with one attached hydrogen (secondary N) is 1. The van der Waals surface area contributed by atoms with Gasteiger partial charge in [-0.2, -0.15) is 0 Å². The molecule has 154 valence electrons. The number of piperidine rings is 1. The van der Waals surface area contributed by atoms with Crippen LogP contribution in [0.15, 0.2) is 48.5 Å². The van der Waals surface area contributed by atoms with Gasteiger partial charge in [-0.15, -0.1) is 0 Å². The standard InChI is InChI=1S/C23H28N2O4/c1-17-8-9-21(18(2)14-17)28-16-22(26)24-20-10-12-25(13-11-20)23(27)29-15-19-6-4-3-5-7-19/h3-9,14,20H,10-13,15-16H2,1-2H3,(H,24,26). The van der Waals surface area contributed by atoms with Gasteiger partial charge in [-0.1, -0.05) is 48.0 Å². The summed E-state index contributed by atoms with van der Waals surface area (Å²) in [6.45, 7) is 5.38. The maximum atomic E-state index is 12.2. The van der Waals surface area contributed by atoms with Crippen molar-refractivity contribution in [3.05, 3.63) is 65.2 Å². The molecule has 0 spiro atoms. The third-order valence-corrected chi connectivity index (χ3v) is 5.01. The van der Waals surface area contributed by atoms with Crippen LogP contribution in [0.2, 0.25) is 0 Å². The highest BCUT2D eigenvalue weighted by molar-refractivity contribution is 5.78. The Hall–Kier alpha value is -3.02. The fraction of sp³-hybridized carbons (Fsp3) is 0.391. The molecule has 1 fully saturated rings. The Morgan fingerprint density at radius 2 is 1.79 bits per heavy atom. The summed E-state index contributed by atoms with van der Waals surface area (Å²) >= 11 is 0. The van der Waals surface area contributed by atoms with Gasteiger partial charge in [0.25, 0.3) is 5.91 Å². The molecule has 1 aliphatic heterocycles. The highest BCUT2D eigenvalue weighted by Gasteiger charge is 2.24. The number of amides is 2. The van der Waals surface area contributed by atoms with Gasteiger partial charge in [-0.25, -0.2) is 4.79 Å². The third kappa shape index (κ3) is 6.24. The maximum absolute atomic E-state index is 12.2. The molecule has 0 aliphatic carbocycles. The average molecular weight is 396 g/mol. The van der Waals surface area contributed by atoms with Crippen molar-refractivity contribution in [2.45, 2.75) is 39.3 Å². The highest BCUT2D eigenvalue weighted by atomic mass is 16.6. The molecule has 6 nitrogen and oxygen atoms in total. The number of likely N-dealkylation sites (tertiary alicyclic amines) is 1. The normalized spacial score (nSPS) is 14.3. The molecule has 2 aromatic rings. The van der Waals surface area contributed by atoms with E-state index in [0.29, 0.717) is 25.9 Å². The number of benzene rings is 2. The van der Waals surface area contributed by atoms with E-state index in [1.165, 1.54) is 0 Å². The molecule has 0 radical (unpaired) electrons. The molecule has 1 heterocycles. The van der Waals surface area contributed by atoms with Crippen LogP contribution >= 0.6 is 0 Å². The Morgan fingerprint density at radius 3 is 2.48 bits per heavy atom. The lowest BCUT2D eigenvalue weighted by molar-refractivity contribution is -0.124. The molecule has 2 aromatic carbocycles. The number of carbonyl (C=O) groups is 2. The van der Waals surface area contributed by atoms with E-state index >= 15 is 0 Å². The lowest BCUT2D eigenvalue weighted by atomic mass is 10.1. The number of ether oxygens (including phenoxy) is 2. The van der Waals surface area contributed by atoms with Crippen molar-refractivity contribution < 1.29 is 19.1 Å². The van der Waals surface area contributed by atoms with Gasteiger partial charge in [0.05, 0.1) is 0 Å². The molecule has 0 atom stereocenters. The molecule has 1 aliphatic rings. The quantitative estimate of drug-likeness (QED) is 0.810. The molecule has 1 N–H and O–H groups in total. The van der Waals surface area contributed by atoms with Gasteiger partial charge in [0.15, 0.2) is 6.61 Å². The molecule has 1 saturated heterocycles. The van der Waals surface area contributed by atoms with Gasteiger partial charge in [-0.05, 0) is 43.9 Å². The number of carbonyl (C=O) groups excluding carboxylic acids is 2. The Labute approximate surface area is 171 Å². The molecule has 29 heavy (non-hydrogen) atoms. The molecule has 0 saturated carbocycles. The van der Waals surface area contributed by atoms with Gasteiger partial charge in [0, 0.05) is 19.1 Å². The molecule has 0 aromatic heterocycles. The monoisotopic (exact) mass is 396 g/mol. The van der Waals surface area contributed by atoms with Crippen molar-refractivity contribution in [2.24, 2.45) is 0 Å². The summed E-state index contributed by atoms with van der Waals surface area (Å²) in [5, 5.41) is 2.99. The van der Waals surface area contributed by atoms with E-state index in [9.17, 15) is 9.59 Å². The molecule has 2 amide bonds. The average Bonchev–Trinajstić information content (AvgIpc) is 2.72. The number of nitrogens with zero attached hydrogens (tertiary/aromatic N) is 1. The summed E-state index contributed by atoms with van der Waals surface area (Å²) in [7, 11) is 0. The van der Waals surface area contributed by atoms with Crippen LogP contribution in [0, 0.1) is 13.8 Å². The van der Waals surface area contributed by atoms with E-state index in [2.05, 4.69) is 5.32 Å². The molecule has 0 unspecified atom stereocenters. The van der Waals surface area contributed by atoms with Gasteiger partial charge in [0.2, 0.25) is 0 Å². The summed E-state index contributed by atoms with van der Waals surface area (Å²) in [6, 6.07) is 15.5. The largest absolute Gasteiger partial charge is 0.484 e. The van der Waals surface area contributed by atoms with E-state index in [4.69, 9.17) is 9.47 Å². The van der Waals surface area contributed by atoms with E-state index in [-0.39, 0.29) is 31.3 Å². The maximum Gasteiger partial charge on any atom is 0.410 e. The minimum atomic E-state index is -0.309. The Bertz CT molecular complexity index is 830.